The second kappa shape index (κ2) is 5.76. The Hall–Kier alpha value is -3.99. The number of hydrogen-bond donors (Lipinski definition) is 1. The molecule has 0 aliphatic heterocycles. The number of nitrogens with one attached hydrogen (secondary N) is 1. The monoisotopic (exact) mass is 361 g/mol. The summed E-state index contributed by atoms with van der Waals surface area (Å²) in [4.78, 5) is 17.3. The molecule has 2 aromatic carbocycles. The second-order valence-corrected chi connectivity index (χ2v) is 6.72. The number of hydrogen-bond acceptors (Lipinski definition) is 3. The third-order valence-electron chi connectivity index (χ3n) is 5.11. The molecule has 0 radical (unpaired) electrons. The quantitative estimate of drug-likeness (QED) is 0.466. The van der Waals surface area contributed by atoms with Crippen molar-refractivity contribution in [3.63, 3.8) is 0 Å². The zero-order valence-corrected chi connectivity index (χ0v) is 14.9. The van der Waals surface area contributed by atoms with E-state index in [4.69, 9.17) is 4.98 Å². The van der Waals surface area contributed by atoms with Crippen molar-refractivity contribution in [1.29, 1.82) is 0 Å². The van der Waals surface area contributed by atoms with Crippen molar-refractivity contribution in [3.05, 3.63) is 85.3 Å². The van der Waals surface area contributed by atoms with E-state index in [1.807, 2.05) is 42.6 Å². The molecule has 0 bridgehead atoms. The molecule has 4 aromatic heterocycles. The number of pyridine rings is 2. The first kappa shape index (κ1) is 15.1. The lowest BCUT2D eigenvalue weighted by atomic mass is 10.1. The van der Waals surface area contributed by atoms with E-state index in [1.54, 1.807) is 12.4 Å². The molecule has 0 aliphatic rings. The molecule has 0 saturated heterocycles. The number of aromatic nitrogens is 5. The third kappa shape index (κ3) is 2.10. The Morgan fingerprint density at radius 3 is 2.46 bits per heavy atom. The fourth-order valence-corrected chi connectivity index (χ4v) is 3.89. The lowest BCUT2D eigenvalue weighted by Gasteiger charge is -2.08. The summed E-state index contributed by atoms with van der Waals surface area (Å²) in [7, 11) is 0. The van der Waals surface area contributed by atoms with Gasteiger partial charge in [-0.25, -0.2) is 9.97 Å². The van der Waals surface area contributed by atoms with E-state index in [9.17, 15) is 0 Å². The van der Waals surface area contributed by atoms with Crippen LogP contribution in [-0.4, -0.2) is 24.5 Å². The molecule has 0 fully saturated rings. The Bertz CT molecular complexity index is 1450. The minimum absolute atomic E-state index is 0.844. The van der Waals surface area contributed by atoms with Crippen molar-refractivity contribution >= 4 is 32.8 Å². The summed E-state index contributed by atoms with van der Waals surface area (Å²) in [6.07, 6.45) is 5.39. The Morgan fingerprint density at radius 2 is 1.61 bits per heavy atom. The molecule has 28 heavy (non-hydrogen) atoms. The largest absolute Gasteiger partial charge is 0.354 e. The van der Waals surface area contributed by atoms with Gasteiger partial charge in [-0.1, -0.05) is 24.3 Å². The fourth-order valence-electron chi connectivity index (χ4n) is 3.89. The van der Waals surface area contributed by atoms with Crippen LogP contribution in [0.2, 0.25) is 0 Å². The van der Waals surface area contributed by atoms with Crippen LogP contribution in [0.15, 0.2) is 85.3 Å². The summed E-state index contributed by atoms with van der Waals surface area (Å²) in [5.41, 5.74) is 5.20. The highest BCUT2D eigenvalue weighted by molar-refractivity contribution is 6.19. The number of rotatable bonds is 2. The molecule has 0 unspecified atom stereocenters. The molecule has 6 aromatic rings. The van der Waals surface area contributed by atoms with Gasteiger partial charge in [0.2, 0.25) is 0 Å². The van der Waals surface area contributed by atoms with Gasteiger partial charge >= 0.3 is 0 Å². The Morgan fingerprint density at radius 1 is 0.750 bits per heavy atom. The van der Waals surface area contributed by atoms with E-state index < -0.39 is 0 Å². The summed E-state index contributed by atoms with van der Waals surface area (Å²) >= 11 is 0. The predicted molar refractivity (Wildman–Crippen MR) is 111 cm³/mol. The molecule has 4 heterocycles. The van der Waals surface area contributed by atoms with Gasteiger partial charge in [0.1, 0.15) is 11.6 Å². The number of benzene rings is 2. The summed E-state index contributed by atoms with van der Waals surface area (Å²) < 4.78 is 2.12. The molecule has 132 valence electrons. The Labute approximate surface area is 160 Å². The zero-order chi connectivity index (χ0) is 18.5. The van der Waals surface area contributed by atoms with Crippen molar-refractivity contribution in [3.8, 4) is 17.2 Å². The third-order valence-corrected chi connectivity index (χ3v) is 5.11. The van der Waals surface area contributed by atoms with Crippen molar-refractivity contribution < 1.29 is 0 Å². The second-order valence-electron chi connectivity index (χ2n) is 6.72. The van der Waals surface area contributed by atoms with Gasteiger partial charge in [-0.2, -0.15) is 0 Å². The van der Waals surface area contributed by atoms with Crippen LogP contribution < -0.4 is 0 Å². The van der Waals surface area contributed by atoms with Gasteiger partial charge in [0, 0.05) is 46.0 Å². The van der Waals surface area contributed by atoms with Gasteiger partial charge in [-0.15, -0.1) is 0 Å². The minimum Gasteiger partial charge on any atom is -0.354 e. The lowest BCUT2D eigenvalue weighted by Crippen LogP contribution is -1.99. The van der Waals surface area contributed by atoms with Crippen LogP contribution in [0.4, 0.5) is 0 Å². The number of fused-ring (bicyclic) bond motifs is 5. The van der Waals surface area contributed by atoms with Crippen molar-refractivity contribution in [2.45, 2.75) is 0 Å². The van der Waals surface area contributed by atoms with Crippen LogP contribution in [0.25, 0.3) is 50.0 Å². The topological polar surface area (TPSA) is 59.4 Å². The van der Waals surface area contributed by atoms with Gasteiger partial charge in [0.15, 0.2) is 0 Å². The molecule has 0 aliphatic carbocycles. The minimum atomic E-state index is 0.844. The number of imidazole rings is 1. The highest BCUT2D eigenvalue weighted by Gasteiger charge is 2.18. The fraction of sp³-hybridized carbons (Fsp3) is 0. The van der Waals surface area contributed by atoms with Crippen molar-refractivity contribution in [2.75, 3.05) is 0 Å². The molecule has 0 amide bonds. The molecule has 0 spiro atoms. The molecule has 6 rings (SSSR count). The van der Waals surface area contributed by atoms with Crippen molar-refractivity contribution in [1.82, 2.24) is 24.5 Å². The number of aromatic amines is 1. The first-order chi connectivity index (χ1) is 13.9. The average molecular weight is 361 g/mol. The van der Waals surface area contributed by atoms with Crippen LogP contribution >= 0.6 is 0 Å². The normalized spacial score (nSPS) is 11.6. The van der Waals surface area contributed by atoms with E-state index in [1.165, 1.54) is 5.39 Å². The molecular formula is C23H15N5. The summed E-state index contributed by atoms with van der Waals surface area (Å²) in [6, 6.07) is 22.5. The van der Waals surface area contributed by atoms with E-state index in [-0.39, 0.29) is 0 Å². The van der Waals surface area contributed by atoms with Crippen LogP contribution in [0.3, 0.4) is 0 Å². The highest BCUT2D eigenvalue weighted by Crippen LogP contribution is 2.35. The first-order valence-electron chi connectivity index (χ1n) is 9.14. The van der Waals surface area contributed by atoms with E-state index >= 15 is 0 Å². The van der Waals surface area contributed by atoms with Crippen LogP contribution in [-0.2, 0) is 0 Å². The maximum Gasteiger partial charge on any atom is 0.147 e. The van der Waals surface area contributed by atoms with Gasteiger partial charge in [-0.3, -0.25) is 9.55 Å². The molecule has 5 heteroatoms. The van der Waals surface area contributed by atoms with Crippen LogP contribution in [0.5, 0.6) is 0 Å². The number of H-pyrrole nitrogens is 1. The zero-order valence-electron chi connectivity index (χ0n) is 14.9. The van der Waals surface area contributed by atoms with E-state index in [0.29, 0.717) is 0 Å². The Kier molecular flexibility index (Phi) is 3.10. The number of para-hydroxylation sites is 1. The summed E-state index contributed by atoms with van der Waals surface area (Å²) in [5.74, 6) is 1.70. The highest BCUT2D eigenvalue weighted by atomic mass is 15.1. The molecule has 0 saturated carbocycles. The molecule has 5 nitrogen and oxygen atoms in total. The van der Waals surface area contributed by atoms with Gasteiger partial charge in [0.05, 0.1) is 11.0 Å². The van der Waals surface area contributed by atoms with Gasteiger partial charge in [0.25, 0.3) is 0 Å². The first-order valence-corrected chi connectivity index (χ1v) is 9.14. The SMILES string of the molecule is c1ccc(-n2c(-c3ccncc3)nc3c4c(ccc32)[nH]c2ccccc24)nc1. The Balaban J connectivity index is 1.80. The molecule has 0 atom stereocenters. The van der Waals surface area contributed by atoms with Crippen molar-refractivity contribution in [2.24, 2.45) is 0 Å². The van der Waals surface area contributed by atoms with Crippen LogP contribution in [0.1, 0.15) is 0 Å². The molecule has 1 N–H and O–H groups in total. The molecular weight excluding hydrogens is 346 g/mol. The van der Waals surface area contributed by atoms with Gasteiger partial charge in [-0.05, 0) is 42.5 Å². The van der Waals surface area contributed by atoms with E-state index in [0.717, 1.165) is 44.7 Å². The standard InChI is InChI=1S/C23H15N5/c1-2-6-17-16(5-1)21-18(26-17)8-9-19-22(21)27-23(15-10-13-24-14-11-15)28(19)20-7-3-4-12-25-20/h1-14,26H. The maximum absolute atomic E-state index is 5.08. The summed E-state index contributed by atoms with van der Waals surface area (Å²) in [6.45, 7) is 0. The van der Waals surface area contributed by atoms with E-state index in [2.05, 4.69) is 49.9 Å². The lowest BCUT2D eigenvalue weighted by molar-refractivity contribution is 1.03. The maximum atomic E-state index is 5.08. The average Bonchev–Trinajstić information content (AvgIpc) is 3.33. The van der Waals surface area contributed by atoms with Crippen LogP contribution in [0, 0.1) is 0 Å². The number of nitrogens with zero attached hydrogens (tertiary/aromatic N) is 4. The predicted octanol–water partition coefficient (Wildman–Crippen LogP) is 5.12. The summed E-state index contributed by atoms with van der Waals surface area (Å²) in [5, 5.41) is 2.31. The smallest absolute Gasteiger partial charge is 0.147 e. The van der Waals surface area contributed by atoms with Gasteiger partial charge < -0.3 is 4.98 Å².